The summed E-state index contributed by atoms with van der Waals surface area (Å²) < 4.78 is 26.6. The van der Waals surface area contributed by atoms with Crippen LogP contribution in [0.25, 0.3) is 0 Å². The number of nitrogens with zero attached hydrogens (tertiary/aromatic N) is 1. The molecule has 0 amide bonds. The lowest BCUT2D eigenvalue weighted by atomic mass is 9.63. The van der Waals surface area contributed by atoms with E-state index < -0.39 is 11.6 Å². The fourth-order valence-corrected chi connectivity index (χ4v) is 3.48. The van der Waals surface area contributed by atoms with Crippen molar-refractivity contribution in [1.82, 2.24) is 0 Å². The third-order valence-corrected chi connectivity index (χ3v) is 4.71. The first kappa shape index (κ1) is 16.5. The van der Waals surface area contributed by atoms with Gasteiger partial charge in [0.25, 0.3) is 0 Å². The molecular formula is C15H20F2IN3. The lowest BCUT2D eigenvalue weighted by molar-refractivity contribution is 0.104. The van der Waals surface area contributed by atoms with Crippen LogP contribution < -0.4 is 11.1 Å². The summed E-state index contributed by atoms with van der Waals surface area (Å²) in [6.45, 7) is 0. The second kappa shape index (κ2) is 6.46. The second-order valence-corrected chi connectivity index (χ2v) is 5.89. The van der Waals surface area contributed by atoms with Gasteiger partial charge in [-0.3, -0.25) is 0 Å². The number of anilines is 1. The zero-order valence-electron chi connectivity index (χ0n) is 11.7. The standard InChI is InChI=1S/C15H19F2N3.HI/c16-10-3-4-11(17)12(9-10)19-14(18)20-13-5-8-15(13)6-1-2-7-15;/h3-4,9,13H,1-2,5-8H2,(H3,18,19,20);1H. The Labute approximate surface area is 140 Å². The molecule has 1 atom stereocenters. The summed E-state index contributed by atoms with van der Waals surface area (Å²) in [5.41, 5.74) is 6.20. The predicted octanol–water partition coefficient (Wildman–Crippen LogP) is 4.03. The van der Waals surface area contributed by atoms with E-state index in [1.54, 1.807) is 0 Å². The number of guanidine groups is 1. The highest BCUT2D eigenvalue weighted by atomic mass is 127. The van der Waals surface area contributed by atoms with Crippen LogP contribution in [0.5, 0.6) is 0 Å². The summed E-state index contributed by atoms with van der Waals surface area (Å²) in [7, 11) is 0. The van der Waals surface area contributed by atoms with E-state index in [0.717, 1.165) is 24.6 Å². The first-order valence-corrected chi connectivity index (χ1v) is 7.14. The van der Waals surface area contributed by atoms with E-state index >= 15 is 0 Å². The number of nitrogens with one attached hydrogen (secondary N) is 1. The van der Waals surface area contributed by atoms with Crippen LogP contribution in [0.1, 0.15) is 38.5 Å². The smallest absolute Gasteiger partial charge is 0.193 e. The molecule has 3 nitrogen and oxygen atoms in total. The lowest BCUT2D eigenvalue weighted by Gasteiger charge is -2.45. The first-order valence-electron chi connectivity index (χ1n) is 7.14. The van der Waals surface area contributed by atoms with Crippen LogP contribution in [0.2, 0.25) is 0 Å². The quantitative estimate of drug-likeness (QED) is 0.442. The van der Waals surface area contributed by atoms with E-state index in [9.17, 15) is 8.78 Å². The van der Waals surface area contributed by atoms with E-state index in [1.807, 2.05) is 0 Å². The summed E-state index contributed by atoms with van der Waals surface area (Å²) in [6, 6.07) is 3.47. The minimum Gasteiger partial charge on any atom is -0.370 e. The summed E-state index contributed by atoms with van der Waals surface area (Å²) in [6.07, 6.45) is 7.19. The lowest BCUT2D eigenvalue weighted by Crippen LogP contribution is -2.43. The SMILES string of the molecule is I.NC(=NC1CCC12CCCC2)Nc1cc(F)ccc1F. The molecule has 0 saturated heterocycles. The maximum Gasteiger partial charge on any atom is 0.193 e. The molecular weight excluding hydrogens is 387 g/mol. The van der Waals surface area contributed by atoms with Crippen LogP contribution in [-0.4, -0.2) is 12.0 Å². The van der Waals surface area contributed by atoms with Crippen LogP contribution in [0.3, 0.4) is 0 Å². The van der Waals surface area contributed by atoms with Gasteiger partial charge in [0.05, 0.1) is 11.7 Å². The zero-order valence-corrected chi connectivity index (χ0v) is 14.1. The molecule has 0 bridgehead atoms. The molecule has 3 N–H and O–H groups in total. The van der Waals surface area contributed by atoms with Crippen LogP contribution in [-0.2, 0) is 0 Å². The van der Waals surface area contributed by atoms with Crippen LogP contribution >= 0.6 is 24.0 Å². The van der Waals surface area contributed by atoms with Gasteiger partial charge in [-0.2, -0.15) is 0 Å². The van der Waals surface area contributed by atoms with Crippen molar-refractivity contribution in [3.63, 3.8) is 0 Å². The van der Waals surface area contributed by atoms with Crippen LogP contribution in [0, 0.1) is 17.0 Å². The number of nitrogens with two attached hydrogens (primary N) is 1. The normalized spacial score (nSPS) is 23.5. The van der Waals surface area contributed by atoms with Gasteiger partial charge in [0.1, 0.15) is 11.6 Å². The van der Waals surface area contributed by atoms with Gasteiger partial charge < -0.3 is 11.1 Å². The molecule has 2 fully saturated rings. The first-order chi connectivity index (χ1) is 9.59. The highest BCUT2D eigenvalue weighted by Gasteiger charge is 2.48. The molecule has 116 valence electrons. The highest BCUT2D eigenvalue weighted by molar-refractivity contribution is 14.0. The Hall–Kier alpha value is -0.920. The fourth-order valence-electron chi connectivity index (χ4n) is 3.48. The Morgan fingerprint density at radius 2 is 1.95 bits per heavy atom. The summed E-state index contributed by atoms with van der Waals surface area (Å²) in [5.74, 6) is -0.864. The Bertz CT molecular complexity index is 542. The molecule has 0 radical (unpaired) electrons. The van der Waals surface area contributed by atoms with Crippen LogP contribution in [0.4, 0.5) is 14.5 Å². The summed E-state index contributed by atoms with van der Waals surface area (Å²) in [4.78, 5) is 4.48. The third kappa shape index (κ3) is 3.30. The predicted molar refractivity (Wildman–Crippen MR) is 90.9 cm³/mol. The second-order valence-electron chi connectivity index (χ2n) is 5.89. The average Bonchev–Trinajstić information content (AvgIpc) is 2.91. The Morgan fingerprint density at radius 1 is 1.24 bits per heavy atom. The molecule has 3 rings (SSSR count). The molecule has 1 aromatic rings. The molecule has 0 aromatic heterocycles. The fraction of sp³-hybridized carbons (Fsp3) is 0.533. The molecule has 2 aliphatic carbocycles. The molecule has 1 unspecified atom stereocenters. The van der Waals surface area contributed by atoms with Crippen molar-refractivity contribution in [2.75, 3.05) is 5.32 Å². The van der Waals surface area contributed by atoms with Crippen LogP contribution in [0.15, 0.2) is 23.2 Å². The number of benzene rings is 1. The average molecular weight is 407 g/mol. The number of aliphatic imine (C=N–C) groups is 1. The van der Waals surface area contributed by atoms with Gasteiger partial charge in [0.2, 0.25) is 0 Å². The third-order valence-electron chi connectivity index (χ3n) is 4.71. The Balaban J connectivity index is 0.00000161. The molecule has 1 aromatic carbocycles. The van der Waals surface area contributed by atoms with Crippen molar-refractivity contribution >= 4 is 35.6 Å². The topological polar surface area (TPSA) is 50.4 Å². The van der Waals surface area contributed by atoms with Gasteiger partial charge in [-0.25, -0.2) is 13.8 Å². The molecule has 0 heterocycles. The van der Waals surface area contributed by atoms with Crippen molar-refractivity contribution in [2.24, 2.45) is 16.1 Å². The largest absolute Gasteiger partial charge is 0.370 e. The minimum absolute atomic E-state index is 0. The molecule has 0 aliphatic heterocycles. The van der Waals surface area contributed by atoms with E-state index in [0.29, 0.717) is 5.41 Å². The van der Waals surface area contributed by atoms with Gasteiger partial charge in [-0.15, -0.1) is 24.0 Å². The number of rotatable bonds is 2. The molecule has 21 heavy (non-hydrogen) atoms. The summed E-state index contributed by atoms with van der Waals surface area (Å²) >= 11 is 0. The van der Waals surface area contributed by atoms with Gasteiger partial charge in [-0.1, -0.05) is 12.8 Å². The Kier molecular flexibility index (Phi) is 5.06. The van der Waals surface area contributed by atoms with E-state index in [2.05, 4.69) is 10.3 Å². The van der Waals surface area contributed by atoms with Crippen molar-refractivity contribution in [2.45, 2.75) is 44.6 Å². The monoisotopic (exact) mass is 407 g/mol. The molecule has 1 spiro atoms. The van der Waals surface area contributed by atoms with Gasteiger partial charge >= 0.3 is 0 Å². The minimum atomic E-state index is -0.534. The molecule has 2 aliphatic rings. The number of halogens is 3. The van der Waals surface area contributed by atoms with Gasteiger partial charge in [0, 0.05) is 6.07 Å². The van der Waals surface area contributed by atoms with E-state index in [-0.39, 0.29) is 41.7 Å². The van der Waals surface area contributed by atoms with Crippen molar-refractivity contribution < 1.29 is 8.78 Å². The van der Waals surface area contributed by atoms with E-state index in [1.165, 1.54) is 32.1 Å². The van der Waals surface area contributed by atoms with Crippen molar-refractivity contribution in [3.05, 3.63) is 29.8 Å². The van der Waals surface area contributed by atoms with Crippen molar-refractivity contribution in [3.8, 4) is 0 Å². The maximum absolute atomic E-state index is 13.5. The number of hydrogen-bond acceptors (Lipinski definition) is 1. The van der Waals surface area contributed by atoms with Gasteiger partial charge in [-0.05, 0) is 43.2 Å². The van der Waals surface area contributed by atoms with E-state index in [4.69, 9.17) is 5.73 Å². The van der Waals surface area contributed by atoms with Crippen molar-refractivity contribution in [1.29, 1.82) is 0 Å². The number of hydrogen-bond donors (Lipinski definition) is 2. The maximum atomic E-state index is 13.5. The van der Waals surface area contributed by atoms with Gasteiger partial charge in [0.15, 0.2) is 5.96 Å². The summed E-state index contributed by atoms with van der Waals surface area (Å²) in [5, 5.41) is 2.67. The Morgan fingerprint density at radius 3 is 2.57 bits per heavy atom. The molecule has 2 saturated carbocycles. The highest BCUT2D eigenvalue weighted by Crippen LogP contribution is 2.54. The molecule has 6 heteroatoms. The zero-order chi connectivity index (χ0) is 14.2.